The minimum atomic E-state index is -4.42. The molecule has 1 fully saturated rings. The molecule has 2 aromatic rings. The molecule has 4 N–H and O–H groups in total. The second kappa shape index (κ2) is 9.33. The highest BCUT2D eigenvalue weighted by atomic mass is 19.4. The Kier molecular flexibility index (Phi) is 6.97. The fourth-order valence-corrected chi connectivity index (χ4v) is 3.40. The lowest BCUT2D eigenvalue weighted by atomic mass is 9.89. The van der Waals surface area contributed by atoms with E-state index in [0.29, 0.717) is 18.7 Å². The number of benzene rings is 1. The van der Waals surface area contributed by atoms with Gasteiger partial charge in [-0.3, -0.25) is 0 Å². The van der Waals surface area contributed by atoms with Crippen LogP contribution in [0.3, 0.4) is 0 Å². The first-order valence-corrected chi connectivity index (χ1v) is 9.90. The maximum atomic E-state index is 15.1. The Labute approximate surface area is 177 Å². The van der Waals surface area contributed by atoms with Crippen molar-refractivity contribution in [3.8, 4) is 0 Å². The SMILES string of the molecule is CCN(Cc1ccc(C(F)(F)F)cc1)c1ncnc(NC[C@]2(O)CCNC[C@H]2O)c1F. The third kappa shape index (κ3) is 5.41. The minimum absolute atomic E-state index is 0.0160. The van der Waals surface area contributed by atoms with Gasteiger partial charge in [-0.2, -0.15) is 17.6 Å². The van der Waals surface area contributed by atoms with Crippen molar-refractivity contribution in [2.75, 3.05) is 36.4 Å². The van der Waals surface area contributed by atoms with Gasteiger partial charge < -0.3 is 25.7 Å². The van der Waals surface area contributed by atoms with Crippen molar-refractivity contribution in [3.63, 3.8) is 0 Å². The van der Waals surface area contributed by atoms with E-state index in [1.54, 1.807) is 11.8 Å². The number of nitrogens with zero attached hydrogens (tertiary/aromatic N) is 3. The van der Waals surface area contributed by atoms with Crippen molar-refractivity contribution in [3.05, 3.63) is 47.5 Å². The molecule has 0 amide bonds. The highest BCUT2D eigenvalue weighted by Crippen LogP contribution is 2.30. The summed E-state index contributed by atoms with van der Waals surface area (Å²) in [5.41, 5.74) is -1.61. The molecule has 0 unspecified atom stereocenters. The van der Waals surface area contributed by atoms with Gasteiger partial charge in [0.25, 0.3) is 0 Å². The van der Waals surface area contributed by atoms with E-state index in [2.05, 4.69) is 20.6 Å². The van der Waals surface area contributed by atoms with Crippen molar-refractivity contribution in [1.82, 2.24) is 15.3 Å². The summed E-state index contributed by atoms with van der Waals surface area (Å²) in [6, 6.07) is 4.66. The molecule has 0 bridgehead atoms. The largest absolute Gasteiger partial charge is 0.416 e. The predicted molar refractivity (Wildman–Crippen MR) is 107 cm³/mol. The molecule has 3 rings (SSSR count). The molecule has 0 aliphatic carbocycles. The molecule has 1 aliphatic rings. The van der Waals surface area contributed by atoms with Crippen LogP contribution >= 0.6 is 0 Å². The molecule has 1 aromatic heterocycles. The normalized spacial score (nSPS) is 21.7. The van der Waals surface area contributed by atoms with Gasteiger partial charge in [-0.1, -0.05) is 12.1 Å². The second-order valence-corrected chi connectivity index (χ2v) is 7.50. The summed E-state index contributed by atoms with van der Waals surface area (Å²) >= 11 is 0. The fraction of sp³-hybridized carbons (Fsp3) is 0.500. The fourth-order valence-electron chi connectivity index (χ4n) is 3.40. The van der Waals surface area contributed by atoms with Crippen LogP contribution in [0.15, 0.2) is 30.6 Å². The van der Waals surface area contributed by atoms with Crippen LogP contribution in [0.25, 0.3) is 0 Å². The predicted octanol–water partition coefficient (Wildman–Crippen LogP) is 2.16. The molecular weight excluding hydrogens is 418 g/mol. The van der Waals surface area contributed by atoms with E-state index in [4.69, 9.17) is 0 Å². The molecule has 1 saturated heterocycles. The van der Waals surface area contributed by atoms with E-state index in [9.17, 15) is 23.4 Å². The number of aliphatic hydroxyl groups is 2. The number of alkyl halides is 3. The van der Waals surface area contributed by atoms with E-state index in [-0.39, 0.29) is 37.7 Å². The van der Waals surface area contributed by atoms with Crippen LogP contribution < -0.4 is 15.5 Å². The number of anilines is 2. The Bertz CT molecular complexity index is 881. The molecule has 1 aliphatic heterocycles. The average Bonchev–Trinajstić information content (AvgIpc) is 2.73. The van der Waals surface area contributed by atoms with Crippen molar-refractivity contribution >= 4 is 11.6 Å². The van der Waals surface area contributed by atoms with E-state index in [1.807, 2.05) is 0 Å². The Balaban J connectivity index is 1.74. The lowest BCUT2D eigenvalue weighted by Crippen LogP contribution is -2.57. The van der Waals surface area contributed by atoms with Gasteiger partial charge in [-0.05, 0) is 37.6 Å². The highest BCUT2D eigenvalue weighted by molar-refractivity contribution is 5.51. The van der Waals surface area contributed by atoms with Crippen LogP contribution in [0.2, 0.25) is 0 Å². The topological polar surface area (TPSA) is 93.5 Å². The number of hydrogen-bond donors (Lipinski definition) is 4. The zero-order chi connectivity index (χ0) is 22.6. The van der Waals surface area contributed by atoms with Crippen LogP contribution in [0, 0.1) is 5.82 Å². The maximum absolute atomic E-state index is 15.1. The molecule has 2 heterocycles. The number of β-amino-alcohol motifs (C(OH)–C–C–N with tert-alkyl or cyclic N) is 1. The van der Waals surface area contributed by atoms with Crippen LogP contribution in [-0.2, 0) is 12.7 Å². The summed E-state index contributed by atoms with van der Waals surface area (Å²) in [6.07, 6.45) is -3.98. The molecule has 31 heavy (non-hydrogen) atoms. The summed E-state index contributed by atoms with van der Waals surface area (Å²) < 4.78 is 53.3. The number of aliphatic hydroxyl groups excluding tert-OH is 1. The van der Waals surface area contributed by atoms with Crippen molar-refractivity contribution in [1.29, 1.82) is 0 Å². The molecule has 11 heteroatoms. The van der Waals surface area contributed by atoms with E-state index in [1.165, 1.54) is 18.5 Å². The van der Waals surface area contributed by atoms with Gasteiger partial charge in [-0.25, -0.2) is 9.97 Å². The van der Waals surface area contributed by atoms with E-state index >= 15 is 4.39 Å². The van der Waals surface area contributed by atoms with Gasteiger partial charge in [0, 0.05) is 26.2 Å². The zero-order valence-electron chi connectivity index (χ0n) is 17.0. The third-order valence-corrected chi connectivity index (χ3v) is 5.36. The highest BCUT2D eigenvalue weighted by Gasteiger charge is 2.38. The summed E-state index contributed by atoms with van der Waals surface area (Å²) in [6.45, 7) is 2.91. The summed E-state index contributed by atoms with van der Waals surface area (Å²) in [5, 5.41) is 26.3. The van der Waals surface area contributed by atoms with Crippen LogP contribution in [0.4, 0.5) is 29.2 Å². The van der Waals surface area contributed by atoms with Crippen LogP contribution in [0.1, 0.15) is 24.5 Å². The van der Waals surface area contributed by atoms with Gasteiger partial charge >= 0.3 is 6.18 Å². The second-order valence-electron chi connectivity index (χ2n) is 7.50. The average molecular weight is 443 g/mol. The van der Waals surface area contributed by atoms with Crippen LogP contribution in [0.5, 0.6) is 0 Å². The van der Waals surface area contributed by atoms with E-state index in [0.717, 1.165) is 12.1 Å². The Morgan fingerprint density at radius 1 is 1.26 bits per heavy atom. The molecule has 0 radical (unpaired) electrons. The summed E-state index contributed by atoms with van der Waals surface area (Å²) in [7, 11) is 0. The van der Waals surface area contributed by atoms with Crippen LogP contribution in [-0.4, -0.2) is 58.1 Å². The number of halogens is 4. The van der Waals surface area contributed by atoms with Gasteiger partial charge in [0.05, 0.1) is 11.7 Å². The molecule has 2 atom stereocenters. The molecular formula is C20H25F4N5O2. The molecule has 7 nitrogen and oxygen atoms in total. The number of rotatable bonds is 7. The summed E-state index contributed by atoms with van der Waals surface area (Å²) in [5.74, 6) is -0.893. The van der Waals surface area contributed by atoms with Gasteiger partial charge in [0.2, 0.25) is 5.82 Å². The number of piperidine rings is 1. The lowest BCUT2D eigenvalue weighted by molar-refractivity contribution is -0.137. The van der Waals surface area contributed by atoms with Crippen molar-refractivity contribution in [2.45, 2.75) is 37.8 Å². The van der Waals surface area contributed by atoms with Gasteiger partial charge in [0.15, 0.2) is 11.6 Å². The lowest BCUT2D eigenvalue weighted by Gasteiger charge is -2.37. The zero-order valence-corrected chi connectivity index (χ0v) is 17.0. The van der Waals surface area contributed by atoms with Gasteiger partial charge in [-0.15, -0.1) is 0 Å². The quantitative estimate of drug-likeness (QED) is 0.488. The molecule has 0 saturated carbocycles. The van der Waals surface area contributed by atoms with Crippen molar-refractivity contribution in [2.24, 2.45) is 0 Å². The Hall–Kier alpha value is -2.50. The third-order valence-electron chi connectivity index (χ3n) is 5.36. The minimum Gasteiger partial charge on any atom is -0.389 e. The van der Waals surface area contributed by atoms with E-state index < -0.39 is 29.3 Å². The monoisotopic (exact) mass is 443 g/mol. The summed E-state index contributed by atoms with van der Waals surface area (Å²) in [4.78, 5) is 9.44. The number of nitrogens with one attached hydrogen (secondary N) is 2. The van der Waals surface area contributed by atoms with Gasteiger partial charge in [0.1, 0.15) is 11.9 Å². The Morgan fingerprint density at radius 2 is 1.97 bits per heavy atom. The maximum Gasteiger partial charge on any atom is 0.416 e. The number of hydrogen-bond acceptors (Lipinski definition) is 7. The molecule has 1 aromatic carbocycles. The number of aromatic nitrogens is 2. The first-order valence-electron chi connectivity index (χ1n) is 9.90. The smallest absolute Gasteiger partial charge is 0.389 e. The standard InChI is InChI=1S/C20H25F4N5O2/c1-2-29(10-13-3-5-14(6-4-13)20(22,23)24)18-16(21)17(27-12-28-18)26-11-19(31)7-8-25-9-15(19)30/h3-6,12,15,25,30-31H,2,7-11H2,1H3,(H,26,27,28)/t15-,19-/m1/s1. The molecule has 170 valence electrons. The Morgan fingerprint density at radius 3 is 2.58 bits per heavy atom. The first kappa shape index (κ1) is 23.2. The first-order chi connectivity index (χ1) is 14.6. The molecule has 0 spiro atoms. The van der Waals surface area contributed by atoms with Crippen molar-refractivity contribution < 1.29 is 27.8 Å².